The Morgan fingerprint density at radius 2 is 2.50 bits per heavy atom. The van der Waals surface area contributed by atoms with Crippen LogP contribution in [0.3, 0.4) is 0 Å². The van der Waals surface area contributed by atoms with Crippen LogP contribution in [0.5, 0.6) is 0 Å². The second kappa shape index (κ2) is 1.74. The molecule has 0 fully saturated rings. The Morgan fingerprint density at radius 3 is 2.75 bits per heavy atom. The zero-order valence-corrected chi connectivity index (χ0v) is 5.35. The van der Waals surface area contributed by atoms with Gasteiger partial charge < -0.3 is 0 Å². The molecule has 0 aliphatic carbocycles. The van der Waals surface area contributed by atoms with Gasteiger partial charge in [-0.15, -0.1) is 0 Å². The zero-order chi connectivity index (χ0) is 6.04. The Hall–Kier alpha value is -0.570. The molecule has 1 aliphatic heterocycles. The summed E-state index contributed by atoms with van der Waals surface area (Å²) in [5, 5.41) is 1.60. The number of nitrogens with zero attached hydrogens (tertiary/aromatic N) is 2. The van der Waals surface area contributed by atoms with Crippen molar-refractivity contribution in [3.63, 3.8) is 0 Å². The van der Waals surface area contributed by atoms with Gasteiger partial charge in [0, 0.05) is 11.6 Å². The molecule has 1 unspecified atom stereocenters. The maximum Gasteiger partial charge on any atom is 0.123 e. The van der Waals surface area contributed by atoms with Crippen LogP contribution >= 0.6 is 12.2 Å². The normalized spacial score (nSPS) is 33.6. The van der Waals surface area contributed by atoms with E-state index >= 15 is 0 Å². The summed E-state index contributed by atoms with van der Waals surface area (Å²) in [6, 6.07) is 0. The lowest BCUT2D eigenvalue weighted by Crippen LogP contribution is -2.21. The molecule has 0 radical (unpaired) electrons. The van der Waals surface area contributed by atoms with E-state index in [1.807, 2.05) is 6.92 Å². The summed E-state index contributed by atoms with van der Waals surface area (Å²) in [5.74, 6) is 0. The third kappa shape index (κ3) is 0.816. The fourth-order valence-corrected chi connectivity index (χ4v) is 0.558. The van der Waals surface area contributed by atoms with Gasteiger partial charge in [-0.3, -0.25) is 4.99 Å². The molecular weight excluding hydrogens is 120 g/mol. The Bertz CT molecular complexity index is 148. The van der Waals surface area contributed by atoms with Gasteiger partial charge in [0.2, 0.25) is 0 Å². The van der Waals surface area contributed by atoms with E-state index in [4.69, 9.17) is 12.2 Å². The van der Waals surface area contributed by atoms with Crippen LogP contribution in [0.2, 0.25) is 0 Å². The average Bonchev–Trinajstić information content (AvgIpc) is 2.17. The SMILES string of the molecule is CC1(C=S)C=NC=N1. The first-order chi connectivity index (χ1) is 3.77. The molecular formula is C5H6N2S. The molecule has 0 N–H and O–H groups in total. The first-order valence-corrected chi connectivity index (χ1v) is 2.78. The Balaban J connectivity index is 2.83. The molecule has 1 heterocycles. The first-order valence-electron chi connectivity index (χ1n) is 2.31. The van der Waals surface area contributed by atoms with Gasteiger partial charge >= 0.3 is 0 Å². The van der Waals surface area contributed by atoms with Gasteiger partial charge in [0.25, 0.3) is 0 Å². The van der Waals surface area contributed by atoms with Gasteiger partial charge in [-0.25, -0.2) is 4.99 Å². The number of hydrogen-bond donors (Lipinski definition) is 0. The van der Waals surface area contributed by atoms with Crippen molar-refractivity contribution >= 4 is 30.1 Å². The molecule has 0 amide bonds. The summed E-state index contributed by atoms with van der Waals surface area (Å²) in [4.78, 5) is 7.77. The van der Waals surface area contributed by atoms with E-state index in [2.05, 4.69) is 9.98 Å². The Labute approximate surface area is 53.3 Å². The predicted molar refractivity (Wildman–Crippen MR) is 39.0 cm³/mol. The smallest absolute Gasteiger partial charge is 0.123 e. The third-order valence-corrected chi connectivity index (χ3v) is 1.45. The van der Waals surface area contributed by atoms with Crippen LogP contribution in [-0.4, -0.2) is 23.5 Å². The second-order valence-electron chi connectivity index (χ2n) is 1.87. The van der Waals surface area contributed by atoms with Crippen LogP contribution in [0.1, 0.15) is 6.92 Å². The maximum atomic E-state index is 4.70. The fraction of sp³-hybridized carbons (Fsp3) is 0.400. The highest BCUT2D eigenvalue weighted by molar-refractivity contribution is 7.79. The molecule has 42 valence electrons. The zero-order valence-electron chi connectivity index (χ0n) is 4.53. The monoisotopic (exact) mass is 126 g/mol. The molecule has 0 aromatic heterocycles. The summed E-state index contributed by atoms with van der Waals surface area (Å²) in [5.41, 5.74) is -0.296. The molecule has 1 atom stereocenters. The van der Waals surface area contributed by atoms with E-state index in [0.29, 0.717) is 0 Å². The first kappa shape index (κ1) is 5.56. The second-order valence-corrected chi connectivity index (χ2v) is 2.10. The number of hydrogen-bond acceptors (Lipinski definition) is 3. The standard InChI is InChI=1S/C5H6N2S/c1-5(3-8)2-6-4-7-5/h2-4H,1H3. The minimum Gasteiger partial charge on any atom is -0.256 e. The third-order valence-electron chi connectivity index (χ3n) is 0.977. The topological polar surface area (TPSA) is 24.7 Å². The summed E-state index contributed by atoms with van der Waals surface area (Å²) >= 11 is 4.70. The largest absolute Gasteiger partial charge is 0.256 e. The van der Waals surface area contributed by atoms with Gasteiger partial charge in [-0.1, -0.05) is 12.2 Å². The van der Waals surface area contributed by atoms with Gasteiger partial charge in [0.15, 0.2) is 0 Å². The van der Waals surface area contributed by atoms with Gasteiger partial charge in [0.1, 0.15) is 11.9 Å². The van der Waals surface area contributed by atoms with Crippen LogP contribution < -0.4 is 0 Å². The van der Waals surface area contributed by atoms with E-state index in [-0.39, 0.29) is 5.54 Å². The molecule has 1 aliphatic rings. The molecule has 0 bridgehead atoms. The highest BCUT2D eigenvalue weighted by Crippen LogP contribution is 2.06. The van der Waals surface area contributed by atoms with E-state index in [9.17, 15) is 0 Å². The molecule has 2 nitrogen and oxygen atoms in total. The lowest BCUT2D eigenvalue weighted by molar-refractivity contribution is 0.902. The number of rotatable bonds is 1. The van der Waals surface area contributed by atoms with E-state index in [0.717, 1.165) is 0 Å². The summed E-state index contributed by atoms with van der Waals surface area (Å²) in [7, 11) is 0. The van der Waals surface area contributed by atoms with Crippen LogP contribution in [0.15, 0.2) is 9.98 Å². The number of thiocarbonyl (C=S) groups is 1. The summed E-state index contributed by atoms with van der Waals surface area (Å²) in [6.45, 7) is 1.91. The highest BCUT2D eigenvalue weighted by atomic mass is 32.1. The quantitative estimate of drug-likeness (QED) is 0.478. The molecule has 8 heavy (non-hydrogen) atoms. The van der Waals surface area contributed by atoms with E-state index in [1.54, 1.807) is 11.6 Å². The maximum absolute atomic E-state index is 4.70. The number of aliphatic imine (C=N–C) groups is 2. The van der Waals surface area contributed by atoms with Gasteiger partial charge in [-0.05, 0) is 6.92 Å². The van der Waals surface area contributed by atoms with Crippen molar-refractivity contribution in [3.8, 4) is 0 Å². The van der Waals surface area contributed by atoms with E-state index < -0.39 is 0 Å². The van der Waals surface area contributed by atoms with Crippen molar-refractivity contribution in [2.75, 3.05) is 0 Å². The Kier molecular flexibility index (Phi) is 1.21. The molecule has 0 aromatic carbocycles. The van der Waals surface area contributed by atoms with Gasteiger partial charge in [0.05, 0.1) is 0 Å². The minimum atomic E-state index is -0.296. The van der Waals surface area contributed by atoms with Crippen LogP contribution in [-0.2, 0) is 0 Å². The van der Waals surface area contributed by atoms with Crippen molar-refractivity contribution in [1.29, 1.82) is 0 Å². The molecule has 0 aromatic rings. The van der Waals surface area contributed by atoms with Crippen molar-refractivity contribution in [2.45, 2.75) is 12.5 Å². The van der Waals surface area contributed by atoms with Crippen molar-refractivity contribution in [3.05, 3.63) is 0 Å². The molecule has 0 spiro atoms. The minimum absolute atomic E-state index is 0.296. The van der Waals surface area contributed by atoms with Crippen molar-refractivity contribution in [1.82, 2.24) is 0 Å². The van der Waals surface area contributed by atoms with Crippen LogP contribution in [0.4, 0.5) is 0 Å². The lowest BCUT2D eigenvalue weighted by atomic mass is 10.1. The lowest BCUT2D eigenvalue weighted by Gasteiger charge is -2.05. The van der Waals surface area contributed by atoms with Crippen LogP contribution in [0.25, 0.3) is 0 Å². The molecule has 1 rings (SSSR count). The average molecular weight is 126 g/mol. The van der Waals surface area contributed by atoms with E-state index in [1.165, 1.54) is 6.34 Å². The van der Waals surface area contributed by atoms with Crippen molar-refractivity contribution in [2.24, 2.45) is 9.98 Å². The molecule has 0 saturated heterocycles. The van der Waals surface area contributed by atoms with Gasteiger partial charge in [-0.2, -0.15) is 0 Å². The fourth-order valence-electron chi connectivity index (χ4n) is 0.436. The van der Waals surface area contributed by atoms with Crippen LogP contribution in [0, 0.1) is 0 Å². The summed E-state index contributed by atoms with van der Waals surface area (Å²) < 4.78 is 0. The highest BCUT2D eigenvalue weighted by Gasteiger charge is 2.17. The Morgan fingerprint density at radius 1 is 1.75 bits per heavy atom. The summed E-state index contributed by atoms with van der Waals surface area (Å²) in [6.07, 6.45) is 3.24. The molecule has 0 saturated carbocycles. The predicted octanol–water partition coefficient (Wildman–Crippen LogP) is 0.858. The molecule has 3 heteroatoms. The van der Waals surface area contributed by atoms with Crippen molar-refractivity contribution < 1.29 is 0 Å².